The minimum absolute atomic E-state index is 0.205. The third-order valence-corrected chi connectivity index (χ3v) is 3.59. The van der Waals surface area contributed by atoms with Gasteiger partial charge >= 0.3 is 0 Å². The maximum absolute atomic E-state index is 11.8. The average Bonchev–Trinajstić information content (AvgIpc) is 3.03. The number of amides is 1. The van der Waals surface area contributed by atoms with E-state index < -0.39 is 0 Å². The van der Waals surface area contributed by atoms with E-state index in [0.717, 1.165) is 10.6 Å². The average molecular weight is 278 g/mol. The van der Waals surface area contributed by atoms with Crippen molar-refractivity contribution in [3.05, 3.63) is 50.9 Å². The molecule has 2 N–H and O–H groups in total. The van der Waals surface area contributed by atoms with Gasteiger partial charge in [0.1, 0.15) is 10.9 Å². The molecule has 0 radical (unpaired) electrons. The normalized spacial score (nSPS) is 17.1. The number of aromatic amines is 1. The molecule has 0 unspecified atom stereocenters. The zero-order valence-corrected chi connectivity index (χ0v) is 10.7. The maximum atomic E-state index is 11.8. The molecule has 2 aromatic rings. The molecule has 0 atom stereocenters. The van der Waals surface area contributed by atoms with Crippen molar-refractivity contribution in [1.29, 1.82) is 0 Å². The number of carbonyl (C=O) groups is 1. The SMILES string of the molecule is O=C1NN=C(c2cccs2)/C1=C\c1ccc(Cl)[nH]1. The molecule has 1 aliphatic rings. The molecule has 3 rings (SSSR count). The lowest BCUT2D eigenvalue weighted by molar-refractivity contribution is -0.116. The standard InChI is InChI=1S/C12H8ClN3OS/c13-10-4-3-7(14-10)6-8-11(15-16-12(8)17)9-2-1-5-18-9/h1-6,14H,(H,16,17)/b8-6+. The Balaban J connectivity index is 2.01. The van der Waals surface area contributed by atoms with E-state index in [1.165, 1.54) is 0 Å². The second kappa shape index (κ2) is 4.44. The van der Waals surface area contributed by atoms with Crippen molar-refractivity contribution < 1.29 is 4.79 Å². The Morgan fingerprint density at radius 1 is 1.33 bits per heavy atom. The highest BCUT2D eigenvalue weighted by molar-refractivity contribution is 7.12. The van der Waals surface area contributed by atoms with Crippen LogP contribution < -0.4 is 5.43 Å². The zero-order chi connectivity index (χ0) is 12.5. The first-order valence-corrected chi connectivity index (χ1v) is 6.48. The van der Waals surface area contributed by atoms with E-state index >= 15 is 0 Å². The minimum Gasteiger partial charge on any atom is -0.346 e. The predicted octanol–water partition coefficient (Wildman–Crippen LogP) is 2.65. The van der Waals surface area contributed by atoms with E-state index in [-0.39, 0.29) is 5.91 Å². The summed E-state index contributed by atoms with van der Waals surface area (Å²) in [5.41, 5.74) is 4.46. The number of rotatable bonds is 2. The fourth-order valence-corrected chi connectivity index (χ4v) is 2.59. The maximum Gasteiger partial charge on any atom is 0.273 e. The molecule has 1 aliphatic heterocycles. The summed E-state index contributed by atoms with van der Waals surface area (Å²) in [6.45, 7) is 0. The number of aromatic nitrogens is 1. The highest BCUT2D eigenvalue weighted by Crippen LogP contribution is 2.21. The Morgan fingerprint density at radius 2 is 2.22 bits per heavy atom. The lowest BCUT2D eigenvalue weighted by atomic mass is 10.1. The first kappa shape index (κ1) is 11.3. The van der Waals surface area contributed by atoms with Crippen LogP contribution in [0.5, 0.6) is 0 Å². The number of hydrogen-bond acceptors (Lipinski definition) is 3. The number of carbonyl (C=O) groups excluding carboxylic acids is 1. The van der Waals surface area contributed by atoms with Crippen LogP contribution in [0, 0.1) is 0 Å². The second-order valence-corrected chi connectivity index (χ2v) is 5.05. The van der Waals surface area contributed by atoms with Gasteiger partial charge in [0.05, 0.1) is 10.5 Å². The zero-order valence-electron chi connectivity index (χ0n) is 9.11. The van der Waals surface area contributed by atoms with Crippen LogP contribution in [-0.4, -0.2) is 16.6 Å². The smallest absolute Gasteiger partial charge is 0.273 e. The highest BCUT2D eigenvalue weighted by atomic mass is 35.5. The molecule has 18 heavy (non-hydrogen) atoms. The number of halogens is 1. The molecule has 6 heteroatoms. The van der Waals surface area contributed by atoms with Crippen molar-refractivity contribution in [3.8, 4) is 0 Å². The predicted molar refractivity (Wildman–Crippen MR) is 72.8 cm³/mol. The molecular formula is C12H8ClN3OS. The molecule has 0 bridgehead atoms. The van der Waals surface area contributed by atoms with E-state index in [9.17, 15) is 4.79 Å². The number of nitrogens with one attached hydrogen (secondary N) is 2. The molecule has 0 saturated heterocycles. The topological polar surface area (TPSA) is 57.2 Å². The van der Waals surface area contributed by atoms with Gasteiger partial charge in [0.2, 0.25) is 0 Å². The second-order valence-electron chi connectivity index (χ2n) is 3.70. The summed E-state index contributed by atoms with van der Waals surface area (Å²) < 4.78 is 0. The van der Waals surface area contributed by atoms with Crippen LogP contribution in [0.3, 0.4) is 0 Å². The Kier molecular flexibility index (Phi) is 2.77. The van der Waals surface area contributed by atoms with E-state index in [2.05, 4.69) is 15.5 Å². The molecule has 3 heterocycles. The molecule has 0 spiro atoms. The van der Waals surface area contributed by atoms with Gasteiger partial charge in [0.25, 0.3) is 5.91 Å². The van der Waals surface area contributed by atoms with Crippen LogP contribution in [-0.2, 0) is 4.79 Å². The van der Waals surface area contributed by atoms with Crippen molar-refractivity contribution in [2.45, 2.75) is 0 Å². The third kappa shape index (κ3) is 1.98. The fraction of sp³-hybridized carbons (Fsp3) is 0. The Hall–Kier alpha value is -1.85. The summed E-state index contributed by atoms with van der Waals surface area (Å²) in [5.74, 6) is -0.205. The van der Waals surface area contributed by atoms with Crippen LogP contribution in [0.15, 0.2) is 40.3 Å². The van der Waals surface area contributed by atoms with Crippen molar-refractivity contribution >= 4 is 40.6 Å². The molecule has 1 amide bonds. The number of hydrazone groups is 1. The number of hydrogen-bond donors (Lipinski definition) is 2. The van der Waals surface area contributed by atoms with Gasteiger partial charge < -0.3 is 4.98 Å². The number of nitrogens with zero attached hydrogens (tertiary/aromatic N) is 1. The van der Waals surface area contributed by atoms with Gasteiger partial charge in [-0.2, -0.15) is 5.10 Å². The van der Waals surface area contributed by atoms with Crippen LogP contribution in [0.25, 0.3) is 6.08 Å². The monoisotopic (exact) mass is 277 g/mol. The van der Waals surface area contributed by atoms with Crippen molar-refractivity contribution in [2.75, 3.05) is 0 Å². The third-order valence-electron chi connectivity index (χ3n) is 2.50. The number of H-pyrrole nitrogens is 1. The summed E-state index contributed by atoms with van der Waals surface area (Å²) in [4.78, 5) is 15.7. The van der Waals surface area contributed by atoms with Crippen molar-refractivity contribution in [1.82, 2.24) is 10.4 Å². The summed E-state index contributed by atoms with van der Waals surface area (Å²) in [6.07, 6.45) is 1.74. The van der Waals surface area contributed by atoms with E-state index in [4.69, 9.17) is 11.6 Å². The van der Waals surface area contributed by atoms with Gasteiger partial charge in [-0.25, -0.2) is 5.43 Å². The summed E-state index contributed by atoms with van der Waals surface area (Å²) in [7, 11) is 0. The molecular weight excluding hydrogens is 270 g/mol. The first-order valence-electron chi connectivity index (χ1n) is 5.22. The molecule has 90 valence electrons. The molecule has 0 aromatic carbocycles. The van der Waals surface area contributed by atoms with E-state index in [1.807, 2.05) is 23.6 Å². The van der Waals surface area contributed by atoms with Gasteiger partial charge in [-0.15, -0.1) is 11.3 Å². The molecule has 2 aromatic heterocycles. The summed E-state index contributed by atoms with van der Waals surface area (Å²) in [5, 5.41) is 6.54. The molecule has 4 nitrogen and oxygen atoms in total. The minimum atomic E-state index is -0.205. The summed E-state index contributed by atoms with van der Waals surface area (Å²) in [6, 6.07) is 7.41. The molecule has 0 aliphatic carbocycles. The van der Waals surface area contributed by atoms with Crippen LogP contribution in [0.1, 0.15) is 10.6 Å². The number of thiophene rings is 1. The lowest BCUT2D eigenvalue weighted by Gasteiger charge is -1.97. The largest absolute Gasteiger partial charge is 0.346 e. The highest BCUT2D eigenvalue weighted by Gasteiger charge is 2.24. The van der Waals surface area contributed by atoms with Crippen molar-refractivity contribution in [3.63, 3.8) is 0 Å². The quantitative estimate of drug-likeness (QED) is 0.815. The first-order chi connectivity index (χ1) is 8.74. The van der Waals surface area contributed by atoms with Gasteiger partial charge in [0, 0.05) is 5.69 Å². The van der Waals surface area contributed by atoms with Crippen LogP contribution in [0.2, 0.25) is 5.15 Å². The van der Waals surface area contributed by atoms with Gasteiger partial charge in [-0.1, -0.05) is 17.7 Å². The Morgan fingerprint density at radius 3 is 2.89 bits per heavy atom. The summed E-state index contributed by atoms with van der Waals surface area (Å²) >= 11 is 7.35. The molecule has 0 saturated carbocycles. The Labute approximate surface area is 112 Å². The van der Waals surface area contributed by atoms with E-state index in [0.29, 0.717) is 16.4 Å². The van der Waals surface area contributed by atoms with Crippen LogP contribution in [0.4, 0.5) is 0 Å². The van der Waals surface area contributed by atoms with E-state index in [1.54, 1.807) is 23.5 Å². The fourth-order valence-electron chi connectivity index (χ4n) is 1.69. The molecule has 0 fully saturated rings. The van der Waals surface area contributed by atoms with Gasteiger partial charge in [-0.05, 0) is 29.7 Å². The lowest BCUT2D eigenvalue weighted by Crippen LogP contribution is -2.13. The Bertz CT molecular complexity index is 655. The van der Waals surface area contributed by atoms with Gasteiger partial charge in [-0.3, -0.25) is 4.79 Å². The van der Waals surface area contributed by atoms with Crippen LogP contribution >= 0.6 is 22.9 Å². The van der Waals surface area contributed by atoms with Gasteiger partial charge in [0.15, 0.2) is 0 Å². The van der Waals surface area contributed by atoms with Crippen molar-refractivity contribution in [2.24, 2.45) is 5.10 Å².